The number of amides is 1. The second-order valence-corrected chi connectivity index (χ2v) is 5.55. The minimum absolute atomic E-state index is 0.0379. The Balaban J connectivity index is 2.57. The minimum Gasteiger partial charge on any atom is -0.398 e. The molecule has 0 fully saturated rings. The Morgan fingerprint density at radius 1 is 1.19 bits per heavy atom. The second kappa shape index (κ2) is 9.40. The van der Waals surface area contributed by atoms with Gasteiger partial charge in [-0.2, -0.15) is 0 Å². The molecule has 0 radical (unpaired) electrons. The van der Waals surface area contributed by atoms with Gasteiger partial charge in [0.05, 0.1) is 6.54 Å². The Morgan fingerprint density at radius 2 is 1.81 bits per heavy atom. The summed E-state index contributed by atoms with van der Waals surface area (Å²) in [7, 11) is 0. The lowest BCUT2D eigenvalue weighted by Crippen LogP contribution is -2.34. The van der Waals surface area contributed by atoms with Crippen LogP contribution in [0.4, 0.5) is 11.4 Å². The van der Waals surface area contributed by atoms with E-state index in [1.807, 2.05) is 25.1 Å². The number of carbonyl (C=O) groups is 1. The quantitative estimate of drug-likeness (QED) is 0.685. The number of anilines is 2. The summed E-state index contributed by atoms with van der Waals surface area (Å²) in [6, 6.07) is 5.61. The Hall–Kier alpha value is -1.55. The molecule has 0 aromatic heterocycles. The monoisotopic (exact) mass is 291 g/mol. The molecule has 0 aliphatic rings. The van der Waals surface area contributed by atoms with Crippen LogP contribution in [0.5, 0.6) is 0 Å². The van der Waals surface area contributed by atoms with Crippen LogP contribution >= 0.6 is 0 Å². The van der Waals surface area contributed by atoms with Crippen molar-refractivity contribution in [3.63, 3.8) is 0 Å². The molecule has 1 rings (SSSR count). The van der Waals surface area contributed by atoms with Crippen molar-refractivity contribution < 1.29 is 4.79 Å². The van der Waals surface area contributed by atoms with E-state index in [-0.39, 0.29) is 5.91 Å². The maximum atomic E-state index is 12.2. The molecule has 0 spiro atoms. The molecule has 118 valence electrons. The molecule has 1 aromatic carbocycles. The summed E-state index contributed by atoms with van der Waals surface area (Å²) in [6.07, 6.45) is 4.57. The van der Waals surface area contributed by atoms with Gasteiger partial charge in [-0.1, -0.05) is 32.8 Å². The topological polar surface area (TPSA) is 58.4 Å². The zero-order valence-electron chi connectivity index (χ0n) is 13.6. The number of hydrogen-bond donors (Lipinski definition) is 2. The fourth-order valence-electron chi connectivity index (χ4n) is 2.22. The smallest absolute Gasteiger partial charge is 0.238 e. The predicted octanol–water partition coefficient (Wildman–Crippen LogP) is 3.42. The number of hydrogen-bond acceptors (Lipinski definition) is 3. The van der Waals surface area contributed by atoms with Crippen LogP contribution in [0.15, 0.2) is 18.2 Å². The molecule has 0 aliphatic heterocycles. The van der Waals surface area contributed by atoms with E-state index in [4.69, 9.17) is 5.73 Å². The van der Waals surface area contributed by atoms with Crippen molar-refractivity contribution in [1.82, 2.24) is 4.90 Å². The highest BCUT2D eigenvalue weighted by Gasteiger charge is 2.11. The summed E-state index contributed by atoms with van der Waals surface area (Å²) in [5, 5.41) is 2.97. The van der Waals surface area contributed by atoms with Gasteiger partial charge in [0.1, 0.15) is 0 Å². The van der Waals surface area contributed by atoms with Gasteiger partial charge in [-0.05, 0) is 50.6 Å². The van der Waals surface area contributed by atoms with Crippen LogP contribution < -0.4 is 11.1 Å². The molecule has 21 heavy (non-hydrogen) atoms. The molecule has 1 aromatic rings. The highest BCUT2D eigenvalue weighted by atomic mass is 16.2. The summed E-state index contributed by atoms with van der Waals surface area (Å²) < 4.78 is 0. The van der Waals surface area contributed by atoms with E-state index >= 15 is 0 Å². The molecule has 0 heterocycles. The van der Waals surface area contributed by atoms with Crippen LogP contribution in [0.2, 0.25) is 0 Å². The molecule has 0 saturated carbocycles. The van der Waals surface area contributed by atoms with Gasteiger partial charge >= 0.3 is 0 Å². The first-order chi connectivity index (χ1) is 10.1. The van der Waals surface area contributed by atoms with E-state index in [2.05, 4.69) is 24.1 Å². The van der Waals surface area contributed by atoms with E-state index in [1.165, 1.54) is 0 Å². The van der Waals surface area contributed by atoms with Gasteiger partial charge in [0, 0.05) is 11.4 Å². The van der Waals surface area contributed by atoms with Crippen molar-refractivity contribution in [2.24, 2.45) is 0 Å². The number of nitrogens with zero attached hydrogens (tertiary/aromatic N) is 1. The third-order valence-electron chi connectivity index (χ3n) is 3.67. The maximum Gasteiger partial charge on any atom is 0.238 e. The van der Waals surface area contributed by atoms with E-state index in [9.17, 15) is 4.79 Å². The first kappa shape index (κ1) is 17.5. The number of nitrogens with two attached hydrogens (primary N) is 1. The first-order valence-electron chi connectivity index (χ1n) is 7.95. The summed E-state index contributed by atoms with van der Waals surface area (Å²) >= 11 is 0. The van der Waals surface area contributed by atoms with Gasteiger partial charge in [0.25, 0.3) is 0 Å². The lowest BCUT2D eigenvalue weighted by atomic mass is 10.1. The normalized spacial score (nSPS) is 10.9. The van der Waals surface area contributed by atoms with E-state index in [0.29, 0.717) is 12.2 Å². The standard InChI is InChI=1S/C17H29N3O/c1-4-6-11-20(12-7-5-2)13-17(21)19-16-10-8-9-15(18)14(16)3/h8-10H,4-7,11-13,18H2,1-3H3,(H,19,21). The largest absolute Gasteiger partial charge is 0.398 e. The van der Waals surface area contributed by atoms with Crippen LogP contribution in [-0.2, 0) is 4.79 Å². The van der Waals surface area contributed by atoms with E-state index < -0.39 is 0 Å². The number of rotatable bonds is 9. The SMILES string of the molecule is CCCCN(CCCC)CC(=O)Nc1cccc(N)c1C. The highest BCUT2D eigenvalue weighted by Crippen LogP contribution is 2.20. The number of carbonyl (C=O) groups excluding carboxylic acids is 1. The third-order valence-corrected chi connectivity index (χ3v) is 3.67. The van der Waals surface area contributed by atoms with Crippen LogP contribution in [0, 0.1) is 6.92 Å². The zero-order chi connectivity index (χ0) is 15.7. The molecular formula is C17H29N3O. The molecule has 0 aliphatic carbocycles. The van der Waals surface area contributed by atoms with Gasteiger partial charge in [-0.3, -0.25) is 9.69 Å². The number of benzene rings is 1. The van der Waals surface area contributed by atoms with Crippen LogP contribution in [-0.4, -0.2) is 30.4 Å². The third kappa shape index (κ3) is 6.17. The first-order valence-corrected chi connectivity index (χ1v) is 7.95. The Bertz CT molecular complexity index is 438. The predicted molar refractivity (Wildman–Crippen MR) is 90.5 cm³/mol. The van der Waals surface area contributed by atoms with Crippen molar-refractivity contribution in [2.75, 3.05) is 30.7 Å². The summed E-state index contributed by atoms with van der Waals surface area (Å²) in [5.41, 5.74) is 8.32. The van der Waals surface area contributed by atoms with Gasteiger partial charge in [0.15, 0.2) is 0 Å². The van der Waals surface area contributed by atoms with E-state index in [1.54, 1.807) is 0 Å². The Labute approximate surface area is 128 Å². The van der Waals surface area contributed by atoms with Crippen molar-refractivity contribution in [3.05, 3.63) is 23.8 Å². The molecule has 4 nitrogen and oxygen atoms in total. The summed E-state index contributed by atoms with van der Waals surface area (Å²) in [5.74, 6) is 0.0379. The average Bonchev–Trinajstić information content (AvgIpc) is 2.46. The summed E-state index contributed by atoms with van der Waals surface area (Å²) in [4.78, 5) is 14.5. The molecule has 0 atom stereocenters. The van der Waals surface area contributed by atoms with Crippen molar-refractivity contribution >= 4 is 17.3 Å². The lowest BCUT2D eigenvalue weighted by molar-refractivity contribution is -0.117. The molecule has 3 N–H and O–H groups in total. The van der Waals surface area contributed by atoms with Crippen LogP contribution in [0.1, 0.15) is 45.1 Å². The molecular weight excluding hydrogens is 262 g/mol. The van der Waals surface area contributed by atoms with Crippen LogP contribution in [0.25, 0.3) is 0 Å². The van der Waals surface area contributed by atoms with Crippen molar-refractivity contribution in [1.29, 1.82) is 0 Å². The Kier molecular flexibility index (Phi) is 7.83. The molecule has 0 unspecified atom stereocenters. The summed E-state index contributed by atoms with van der Waals surface area (Å²) in [6.45, 7) is 8.70. The van der Waals surface area contributed by atoms with Crippen molar-refractivity contribution in [3.8, 4) is 0 Å². The second-order valence-electron chi connectivity index (χ2n) is 5.55. The molecule has 1 amide bonds. The Morgan fingerprint density at radius 3 is 2.38 bits per heavy atom. The van der Waals surface area contributed by atoms with Gasteiger partial charge in [-0.25, -0.2) is 0 Å². The lowest BCUT2D eigenvalue weighted by Gasteiger charge is -2.21. The fourth-order valence-corrected chi connectivity index (χ4v) is 2.22. The van der Waals surface area contributed by atoms with Crippen LogP contribution in [0.3, 0.4) is 0 Å². The zero-order valence-corrected chi connectivity index (χ0v) is 13.6. The van der Waals surface area contributed by atoms with Gasteiger partial charge in [-0.15, -0.1) is 0 Å². The number of nitrogens with one attached hydrogen (secondary N) is 1. The van der Waals surface area contributed by atoms with E-state index in [0.717, 1.165) is 50.0 Å². The van der Waals surface area contributed by atoms with Gasteiger partial charge < -0.3 is 11.1 Å². The average molecular weight is 291 g/mol. The minimum atomic E-state index is 0.0379. The van der Waals surface area contributed by atoms with Gasteiger partial charge in [0.2, 0.25) is 5.91 Å². The fraction of sp³-hybridized carbons (Fsp3) is 0.588. The number of nitrogen functional groups attached to an aromatic ring is 1. The molecule has 4 heteroatoms. The maximum absolute atomic E-state index is 12.2. The van der Waals surface area contributed by atoms with Crippen molar-refractivity contribution in [2.45, 2.75) is 46.5 Å². The number of unbranched alkanes of at least 4 members (excludes halogenated alkanes) is 2. The molecule has 0 saturated heterocycles. The molecule has 0 bridgehead atoms. The highest BCUT2D eigenvalue weighted by molar-refractivity contribution is 5.93.